The molecule has 0 aliphatic rings. The minimum atomic E-state index is -0.521. The molecule has 0 aliphatic carbocycles. The number of anilines is 1. The van der Waals surface area contributed by atoms with Crippen molar-refractivity contribution >= 4 is 11.7 Å². The maximum Gasteiger partial charge on any atom is 0.320 e. The number of carbonyl (C=O) groups is 1. The van der Waals surface area contributed by atoms with Crippen LogP contribution in [-0.4, -0.2) is 24.2 Å². The number of benzene rings is 1. The Morgan fingerprint density at radius 2 is 2.09 bits per heavy atom. The lowest BCUT2D eigenvalue weighted by atomic mass is 10.3. The van der Waals surface area contributed by atoms with Gasteiger partial charge in [-0.15, -0.1) is 0 Å². The largest absolute Gasteiger partial charge is 0.479 e. The highest BCUT2D eigenvalue weighted by Crippen LogP contribution is 2.11. The first-order chi connectivity index (χ1) is 10.8. The van der Waals surface area contributed by atoms with Crippen molar-refractivity contribution in [1.82, 2.24) is 10.3 Å². The lowest BCUT2D eigenvalue weighted by Crippen LogP contribution is -2.29. The van der Waals surface area contributed by atoms with Crippen LogP contribution < -0.4 is 15.4 Å². The second-order valence-corrected chi connectivity index (χ2v) is 4.12. The van der Waals surface area contributed by atoms with E-state index >= 15 is 0 Å². The molecule has 1 aromatic carbocycles. The van der Waals surface area contributed by atoms with Gasteiger partial charge in [0.25, 0.3) is 0 Å². The molecule has 1 aromatic heterocycles. The summed E-state index contributed by atoms with van der Waals surface area (Å²) in [6, 6.07) is 8.94. The monoisotopic (exact) mass is 299 g/mol. The van der Waals surface area contributed by atoms with Crippen LogP contribution in [0, 0.1) is 17.7 Å². The number of rotatable bonds is 4. The van der Waals surface area contributed by atoms with E-state index in [2.05, 4.69) is 27.5 Å². The molecule has 0 unspecified atom stereocenters. The molecule has 0 atom stereocenters. The first kappa shape index (κ1) is 15.3. The van der Waals surface area contributed by atoms with E-state index in [0.717, 1.165) is 0 Å². The Morgan fingerprint density at radius 1 is 1.23 bits per heavy atom. The minimum Gasteiger partial charge on any atom is -0.479 e. The third-order valence-electron chi connectivity index (χ3n) is 2.53. The van der Waals surface area contributed by atoms with Crippen molar-refractivity contribution in [2.75, 3.05) is 18.5 Å². The molecular weight excluding hydrogens is 285 g/mol. The van der Waals surface area contributed by atoms with E-state index in [0.29, 0.717) is 5.75 Å². The molecule has 0 radical (unpaired) electrons. The summed E-state index contributed by atoms with van der Waals surface area (Å²) >= 11 is 0. The van der Waals surface area contributed by atoms with Crippen LogP contribution in [0.3, 0.4) is 0 Å². The van der Waals surface area contributed by atoms with Crippen molar-refractivity contribution in [1.29, 1.82) is 0 Å². The van der Waals surface area contributed by atoms with E-state index in [1.54, 1.807) is 36.7 Å². The summed E-state index contributed by atoms with van der Waals surface area (Å²) in [4.78, 5) is 15.4. The van der Waals surface area contributed by atoms with Crippen LogP contribution >= 0.6 is 0 Å². The average Bonchev–Trinajstić information content (AvgIpc) is 2.54. The van der Waals surface area contributed by atoms with E-state index in [1.807, 2.05) is 0 Å². The molecule has 22 heavy (non-hydrogen) atoms. The van der Waals surface area contributed by atoms with Gasteiger partial charge in [0.15, 0.2) is 0 Å². The zero-order valence-corrected chi connectivity index (χ0v) is 11.7. The Morgan fingerprint density at radius 3 is 2.86 bits per heavy atom. The maximum absolute atomic E-state index is 13.3. The van der Waals surface area contributed by atoms with Crippen LogP contribution in [0.5, 0.6) is 5.75 Å². The summed E-state index contributed by atoms with van der Waals surface area (Å²) in [5.74, 6) is 5.61. The van der Waals surface area contributed by atoms with Crippen molar-refractivity contribution < 1.29 is 13.9 Å². The number of hydrogen-bond donors (Lipinski definition) is 2. The summed E-state index contributed by atoms with van der Waals surface area (Å²) in [6.07, 6.45) is 3.23. The summed E-state index contributed by atoms with van der Waals surface area (Å²) in [6.45, 7) is 0.332. The molecule has 1 heterocycles. The fraction of sp³-hybridized carbons (Fsp3) is 0.125. The number of amides is 2. The van der Waals surface area contributed by atoms with Crippen LogP contribution in [-0.2, 0) is 0 Å². The van der Waals surface area contributed by atoms with E-state index in [1.165, 1.54) is 12.1 Å². The third kappa shape index (κ3) is 5.13. The molecule has 0 aliphatic heterocycles. The molecular formula is C16H14FN3O2. The molecule has 0 saturated heterocycles. The van der Waals surface area contributed by atoms with Gasteiger partial charge in [0.1, 0.15) is 18.2 Å². The molecule has 2 aromatic rings. The van der Waals surface area contributed by atoms with Gasteiger partial charge in [-0.3, -0.25) is 4.98 Å². The number of ether oxygens (including phenoxy) is 1. The van der Waals surface area contributed by atoms with E-state index in [-0.39, 0.29) is 18.8 Å². The molecule has 0 spiro atoms. The lowest BCUT2D eigenvalue weighted by molar-refractivity contribution is 0.253. The molecule has 2 amide bonds. The predicted molar refractivity (Wildman–Crippen MR) is 80.9 cm³/mol. The molecule has 2 rings (SSSR count). The van der Waals surface area contributed by atoms with Gasteiger partial charge >= 0.3 is 6.03 Å². The lowest BCUT2D eigenvalue weighted by Gasteiger charge is -2.05. The topological polar surface area (TPSA) is 63.2 Å². The fourth-order valence-electron chi connectivity index (χ4n) is 1.52. The Labute approximate surface area is 127 Å². The Kier molecular flexibility index (Phi) is 5.76. The molecule has 0 saturated carbocycles. The van der Waals surface area contributed by atoms with Crippen molar-refractivity contribution in [3.8, 4) is 17.6 Å². The van der Waals surface area contributed by atoms with Crippen molar-refractivity contribution in [2.24, 2.45) is 0 Å². The number of nitrogens with one attached hydrogen (secondary N) is 2. The van der Waals surface area contributed by atoms with Crippen molar-refractivity contribution in [2.45, 2.75) is 0 Å². The number of carbonyl (C=O) groups excluding carboxylic acids is 1. The SMILES string of the molecule is O=C(NCC#CCOc1cccnc1)Nc1ccccc1F. The highest BCUT2D eigenvalue weighted by atomic mass is 19.1. The molecule has 0 bridgehead atoms. The van der Waals surface area contributed by atoms with Crippen LogP contribution in [0.2, 0.25) is 0 Å². The number of para-hydroxylation sites is 1. The highest BCUT2D eigenvalue weighted by molar-refractivity contribution is 5.89. The Hall–Kier alpha value is -3.07. The van der Waals surface area contributed by atoms with Gasteiger partial charge in [-0.1, -0.05) is 24.0 Å². The smallest absolute Gasteiger partial charge is 0.320 e. The zero-order chi connectivity index (χ0) is 15.6. The Bertz CT molecular complexity index is 681. The van der Waals surface area contributed by atoms with Crippen LogP contribution in [0.1, 0.15) is 0 Å². The summed E-state index contributed by atoms with van der Waals surface area (Å²) in [5, 5.41) is 4.89. The predicted octanol–water partition coefficient (Wildman–Crippen LogP) is 2.42. The average molecular weight is 299 g/mol. The molecule has 2 N–H and O–H groups in total. The number of pyridine rings is 1. The van der Waals surface area contributed by atoms with E-state index < -0.39 is 11.8 Å². The maximum atomic E-state index is 13.3. The first-order valence-electron chi connectivity index (χ1n) is 6.53. The molecule has 6 heteroatoms. The summed E-state index contributed by atoms with van der Waals surface area (Å²) < 4.78 is 18.6. The van der Waals surface area contributed by atoms with Crippen LogP contribution in [0.4, 0.5) is 14.9 Å². The second-order valence-electron chi connectivity index (χ2n) is 4.12. The van der Waals surface area contributed by atoms with E-state index in [4.69, 9.17) is 4.74 Å². The van der Waals surface area contributed by atoms with Gasteiger partial charge in [0.05, 0.1) is 18.4 Å². The van der Waals surface area contributed by atoms with Gasteiger partial charge in [0.2, 0.25) is 0 Å². The molecule has 5 nitrogen and oxygen atoms in total. The highest BCUT2D eigenvalue weighted by Gasteiger charge is 2.03. The van der Waals surface area contributed by atoms with Crippen LogP contribution in [0.25, 0.3) is 0 Å². The number of nitrogens with zero attached hydrogens (tertiary/aromatic N) is 1. The van der Waals surface area contributed by atoms with Crippen molar-refractivity contribution in [3.63, 3.8) is 0 Å². The Balaban J connectivity index is 1.67. The number of hydrogen-bond acceptors (Lipinski definition) is 3. The van der Waals surface area contributed by atoms with Gasteiger partial charge in [-0.05, 0) is 24.3 Å². The minimum absolute atomic E-state index is 0.118. The number of aromatic nitrogens is 1. The standard InChI is InChI=1S/C16H14FN3O2/c17-14-7-1-2-8-15(14)20-16(21)19-10-3-4-11-22-13-6-5-9-18-12-13/h1-2,5-9,12H,10-11H2,(H2,19,20,21). The van der Waals surface area contributed by atoms with E-state index in [9.17, 15) is 9.18 Å². The van der Waals surface area contributed by atoms with Gasteiger partial charge in [0, 0.05) is 6.20 Å². The van der Waals surface area contributed by atoms with Gasteiger partial charge in [-0.25, -0.2) is 9.18 Å². The molecule has 112 valence electrons. The van der Waals surface area contributed by atoms with Crippen LogP contribution in [0.15, 0.2) is 48.8 Å². The fourth-order valence-corrected chi connectivity index (χ4v) is 1.52. The molecule has 0 fully saturated rings. The summed E-state index contributed by atoms with van der Waals surface area (Å²) in [7, 11) is 0. The first-order valence-corrected chi connectivity index (χ1v) is 6.53. The quantitative estimate of drug-likeness (QED) is 0.852. The number of urea groups is 1. The third-order valence-corrected chi connectivity index (χ3v) is 2.53. The normalized spacial score (nSPS) is 9.32. The summed E-state index contributed by atoms with van der Waals surface area (Å²) in [5.41, 5.74) is 0.118. The van der Waals surface area contributed by atoms with Gasteiger partial charge in [-0.2, -0.15) is 0 Å². The number of halogens is 1. The van der Waals surface area contributed by atoms with Crippen molar-refractivity contribution in [3.05, 3.63) is 54.6 Å². The zero-order valence-electron chi connectivity index (χ0n) is 11.7. The second kappa shape index (κ2) is 8.27. The van der Waals surface area contributed by atoms with Gasteiger partial charge < -0.3 is 15.4 Å².